The number of ether oxygens (including phenoxy) is 2. The van der Waals surface area contributed by atoms with Crippen molar-refractivity contribution in [1.82, 2.24) is 10.3 Å². The van der Waals surface area contributed by atoms with Crippen molar-refractivity contribution in [2.75, 3.05) is 13.7 Å². The minimum absolute atomic E-state index is 0.225. The minimum Gasteiger partial charge on any atom is -0.497 e. The Balaban J connectivity index is 1.53. The number of hydrogen-bond acceptors (Lipinski definition) is 6. The highest BCUT2D eigenvalue weighted by Crippen LogP contribution is 2.26. The van der Waals surface area contributed by atoms with Crippen LogP contribution in [0.25, 0.3) is 22.2 Å². The van der Waals surface area contributed by atoms with E-state index >= 15 is 0 Å². The van der Waals surface area contributed by atoms with Gasteiger partial charge < -0.3 is 19.2 Å². The number of amides is 1. The average molecular weight is 416 g/mol. The molecule has 4 aromatic rings. The third kappa shape index (κ3) is 4.72. The van der Waals surface area contributed by atoms with E-state index in [1.54, 1.807) is 31.4 Å². The van der Waals surface area contributed by atoms with Gasteiger partial charge >= 0.3 is 5.97 Å². The number of benzene rings is 2. The third-order valence-corrected chi connectivity index (χ3v) is 4.70. The van der Waals surface area contributed by atoms with Gasteiger partial charge in [-0.1, -0.05) is 18.2 Å². The smallest absolute Gasteiger partial charge is 0.339 e. The van der Waals surface area contributed by atoms with Gasteiger partial charge in [-0.05, 0) is 48.5 Å². The lowest BCUT2D eigenvalue weighted by atomic mass is 10.0. The van der Waals surface area contributed by atoms with Gasteiger partial charge in [0.25, 0.3) is 5.91 Å². The number of methoxy groups -OCH3 is 1. The number of rotatable bonds is 7. The molecule has 0 saturated carbocycles. The summed E-state index contributed by atoms with van der Waals surface area (Å²) in [6.45, 7) is -0.169. The Morgan fingerprint density at radius 1 is 1.03 bits per heavy atom. The molecular weight excluding hydrogens is 396 g/mol. The number of aromatic nitrogens is 1. The molecule has 0 atom stereocenters. The van der Waals surface area contributed by atoms with Gasteiger partial charge in [0, 0.05) is 10.9 Å². The van der Waals surface area contributed by atoms with E-state index in [2.05, 4.69) is 10.3 Å². The van der Waals surface area contributed by atoms with E-state index < -0.39 is 18.5 Å². The molecule has 0 fully saturated rings. The largest absolute Gasteiger partial charge is 0.497 e. The zero-order chi connectivity index (χ0) is 21.6. The molecule has 0 saturated heterocycles. The summed E-state index contributed by atoms with van der Waals surface area (Å²) in [5.41, 5.74) is 2.45. The lowest BCUT2D eigenvalue weighted by Crippen LogP contribution is -2.28. The van der Waals surface area contributed by atoms with E-state index in [0.717, 1.165) is 11.3 Å². The van der Waals surface area contributed by atoms with Gasteiger partial charge in [-0.15, -0.1) is 0 Å². The number of carbonyl (C=O) groups is 2. The predicted molar refractivity (Wildman–Crippen MR) is 115 cm³/mol. The molecular formula is C24H20N2O5. The number of pyridine rings is 1. The van der Waals surface area contributed by atoms with Crippen LogP contribution in [0.1, 0.15) is 16.1 Å². The first-order chi connectivity index (χ1) is 15.1. The number of nitrogens with zero attached hydrogens (tertiary/aromatic N) is 1. The second-order valence-corrected chi connectivity index (χ2v) is 6.73. The number of fused-ring (bicyclic) bond motifs is 1. The van der Waals surface area contributed by atoms with Crippen molar-refractivity contribution in [1.29, 1.82) is 0 Å². The van der Waals surface area contributed by atoms with E-state index in [1.165, 1.54) is 6.26 Å². The first-order valence-electron chi connectivity index (χ1n) is 9.64. The molecule has 156 valence electrons. The molecule has 2 heterocycles. The van der Waals surface area contributed by atoms with Gasteiger partial charge in [0.1, 0.15) is 11.5 Å². The molecule has 31 heavy (non-hydrogen) atoms. The molecule has 7 nitrogen and oxygen atoms in total. The van der Waals surface area contributed by atoms with Crippen LogP contribution in [-0.4, -0.2) is 30.6 Å². The lowest BCUT2D eigenvalue weighted by Gasteiger charge is -2.10. The standard InChI is InChI=1S/C24H20N2O5/c1-29-17-10-8-16(9-11-17)22-13-20(19-6-2-3-7-21(19)26-22)24(28)31-15-23(27)25-14-18-5-4-12-30-18/h2-13H,14-15H2,1H3,(H,25,27). The molecule has 0 aliphatic heterocycles. The number of hydrogen-bond donors (Lipinski definition) is 1. The molecule has 0 radical (unpaired) electrons. The van der Waals surface area contributed by atoms with E-state index in [9.17, 15) is 9.59 Å². The van der Waals surface area contributed by atoms with Gasteiger partial charge in [-0.2, -0.15) is 0 Å². The summed E-state index contributed by atoms with van der Waals surface area (Å²) in [6, 6.07) is 19.8. The summed E-state index contributed by atoms with van der Waals surface area (Å²) in [4.78, 5) is 29.5. The molecule has 0 aliphatic rings. The molecule has 0 unspecified atom stereocenters. The number of para-hydroxylation sites is 1. The van der Waals surface area contributed by atoms with Crippen molar-refractivity contribution in [3.8, 4) is 17.0 Å². The molecule has 0 spiro atoms. The number of carbonyl (C=O) groups excluding carboxylic acids is 2. The van der Waals surface area contributed by atoms with Crippen LogP contribution in [0, 0.1) is 0 Å². The first-order valence-corrected chi connectivity index (χ1v) is 9.64. The van der Waals surface area contributed by atoms with Crippen LogP contribution in [0.4, 0.5) is 0 Å². The fourth-order valence-corrected chi connectivity index (χ4v) is 3.11. The van der Waals surface area contributed by atoms with E-state index in [0.29, 0.717) is 27.9 Å². The van der Waals surface area contributed by atoms with Crippen LogP contribution in [0.3, 0.4) is 0 Å². The second kappa shape index (κ2) is 9.13. The third-order valence-electron chi connectivity index (χ3n) is 4.70. The van der Waals surface area contributed by atoms with Gasteiger partial charge in [0.2, 0.25) is 0 Å². The van der Waals surface area contributed by atoms with Crippen molar-refractivity contribution >= 4 is 22.8 Å². The van der Waals surface area contributed by atoms with E-state index in [4.69, 9.17) is 13.9 Å². The van der Waals surface area contributed by atoms with Crippen LogP contribution < -0.4 is 10.1 Å². The summed E-state index contributed by atoms with van der Waals surface area (Å²) in [7, 11) is 1.60. The molecule has 2 aromatic carbocycles. The Bertz CT molecular complexity index is 1200. The quantitative estimate of drug-likeness (QED) is 0.459. The van der Waals surface area contributed by atoms with Crippen molar-refractivity contribution in [3.63, 3.8) is 0 Å². The highest BCUT2D eigenvalue weighted by molar-refractivity contribution is 6.05. The molecule has 0 bridgehead atoms. The van der Waals surface area contributed by atoms with Gasteiger partial charge in [0.15, 0.2) is 6.61 Å². The zero-order valence-electron chi connectivity index (χ0n) is 16.8. The van der Waals surface area contributed by atoms with Crippen LogP contribution in [0.2, 0.25) is 0 Å². The summed E-state index contributed by atoms with van der Waals surface area (Å²) >= 11 is 0. The van der Waals surface area contributed by atoms with E-state index in [1.807, 2.05) is 42.5 Å². The van der Waals surface area contributed by atoms with Gasteiger partial charge in [0.05, 0.1) is 36.7 Å². The second-order valence-electron chi connectivity index (χ2n) is 6.73. The van der Waals surface area contributed by atoms with Crippen LogP contribution in [0.15, 0.2) is 77.4 Å². The van der Waals surface area contributed by atoms with E-state index in [-0.39, 0.29) is 6.54 Å². The maximum absolute atomic E-state index is 12.8. The maximum atomic E-state index is 12.8. The van der Waals surface area contributed by atoms with Crippen molar-refractivity contribution in [3.05, 3.63) is 84.3 Å². The summed E-state index contributed by atoms with van der Waals surface area (Å²) < 4.78 is 15.6. The van der Waals surface area contributed by atoms with Crippen LogP contribution >= 0.6 is 0 Å². The normalized spacial score (nSPS) is 10.6. The molecule has 1 amide bonds. The molecule has 0 aliphatic carbocycles. The van der Waals surface area contributed by atoms with Gasteiger partial charge in [-0.25, -0.2) is 9.78 Å². The highest BCUT2D eigenvalue weighted by Gasteiger charge is 2.16. The number of nitrogens with one attached hydrogen (secondary N) is 1. The monoisotopic (exact) mass is 416 g/mol. The van der Waals surface area contributed by atoms with Crippen molar-refractivity contribution in [2.24, 2.45) is 0 Å². The molecule has 2 aromatic heterocycles. The lowest BCUT2D eigenvalue weighted by molar-refractivity contribution is -0.124. The minimum atomic E-state index is -0.596. The number of furan rings is 1. The fourth-order valence-electron chi connectivity index (χ4n) is 3.11. The van der Waals surface area contributed by atoms with Gasteiger partial charge in [-0.3, -0.25) is 4.79 Å². The molecule has 4 rings (SSSR count). The Morgan fingerprint density at radius 2 is 1.84 bits per heavy atom. The predicted octanol–water partition coefficient (Wildman–Crippen LogP) is 3.98. The maximum Gasteiger partial charge on any atom is 0.339 e. The Morgan fingerprint density at radius 3 is 2.58 bits per heavy atom. The first kappa shape index (κ1) is 20.2. The zero-order valence-corrected chi connectivity index (χ0v) is 16.8. The Kier molecular flexibility index (Phi) is 5.93. The molecule has 1 N–H and O–H groups in total. The Hall–Kier alpha value is -4.13. The van der Waals surface area contributed by atoms with Crippen LogP contribution in [0.5, 0.6) is 5.75 Å². The Labute approximate surface area is 178 Å². The summed E-state index contributed by atoms with van der Waals surface area (Å²) in [5, 5.41) is 3.30. The summed E-state index contributed by atoms with van der Waals surface area (Å²) in [5.74, 6) is 0.327. The van der Waals surface area contributed by atoms with Crippen molar-refractivity contribution in [2.45, 2.75) is 6.54 Å². The van der Waals surface area contributed by atoms with Crippen LogP contribution in [-0.2, 0) is 16.1 Å². The summed E-state index contributed by atoms with van der Waals surface area (Å²) in [6.07, 6.45) is 1.52. The average Bonchev–Trinajstić information content (AvgIpc) is 3.34. The molecule has 7 heteroatoms. The topological polar surface area (TPSA) is 90.7 Å². The fraction of sp³-hybridized carbons (Fsp3) is 0.125. The SMILES string of the molecule is COc1ccc(-c2cc(C(=O)OCC(=O)NCc3ccco3)c3ccccc3n2)cc1. The highest BCUT2D eigenvalue weighted by atomic mass is 16.5. The number of esters is 1. The van der Waals surface area contributed by atoms with Crippen molar-refractivity contribution < 1.29 is 23.5 Å².